The molecule has 80 valence electrons. The van der Waals surface area contributed by atoms with Crippen LogP contribution in [0.4, 0.5) is 0 Å². The summed E-state index contributed by atoms with van der Waals surface area (Å²) in [6.45, 7) is 0.817. The van der Waals surface area contributed by atoms with Gasteiger partial charge in [0.05, 0.1) is 0 Å². The molecule has 0 saturated carbocycles. The summed E-state index contributed by atoms with van der Waals surface area (Å²) in [6.07, 6.45) is 4.00. The third kappa shape index (κ3) is 3.95. The highest BCUT2D eigenvalue weighted by Crippen LogP contribution is 2.10. The summed E-state index contributed by atoms with van der Waals surface area (Å²) in [5, 5.41) is 3.10. The molecule has 0 fully saturated rings. The van der Waals surface area contributed by atoms with Crippen molar-refractivity contribution >= 4 is 12.0 Å². The summed E-state index contributed by atoms with van der Waals surface area (Å²) in [5.41, 5.74) is 7.38. The largest absolute Gasteiger partial charge is 0.369 e. The van der Waals surface area contributed by atoms with Crippen LogP contribution >= 0.6 is 0 Å². The van der Waals surface area contributed by atoms with Crippen LogP contribution in [0.25, 0.3) is 6.08 Å². The van der Waals surface area contributed by atoms with Crippen LogP contribution in [0, 0.1) is 0 Å². The first-order valence-electron chi connectivity index (χ1n) is 4.91. The monoisotopic (exact) mass is 204 g/mol. The number of nitrogens with two attached hydrogens (primary N) is 1. The topological polar surface area (TPSA) is 55.1 Å². The minimum Gasteiger partial charge on any atom is -0.369 e. The van der Waals surface area contributed by atoms with Crippen LogP contribution in [0.2, 0.25) is 0 Å². The second kappa shape index (κ2) is 5.98. The van der Waals surface area contributed by atoms with Crippen LogP contribution in [0.5, 0.6) is 0 Å². The molecule has 0 saturated heterocycles. The molecule has 0 atom stereocenters. The fourth-order valence-corrected chi connectivity index (χ4v) is 1.35. The first-order valence-corrected chi connectivity index (χ1v) is 4.91. The standard InChI is InChI=1S/C12H16N2O/c1-14-9-11-6-3-2-5-10(11)7-4-8-12(13)15/h2-7,14H,8-9H2,1H3,(H2,13,15). The maximum absolute atomic E-state index is 10.6. The molecule has 0 aliphatic rings. The first kappa shape index (κ1) is 11.5. The zero-order valence-electron chi connectivity index (χ0n) is 8.86. The molecular weight excluding hydrogens is 188 g/mol. The van der Waals surface area contributed by atoms with Crippen molar-refractivity contribution in [1.82, 2.24) is 5.32 Å². The average Bonchev–Trinajstić information content (AvgIpc) is 2.20. The predicted octanol–water partition coefficient (Wildman–Crippen LogP) is 1.29. The molecule has 15 heavy (non-hydrogen) atoms. The second-order valence-electron chi connectivity index (χ2n) is 3.30. The van der Waals surface area contributed by atoms with Gasteiger partial charge in [0.2, 0.25) is 5.91 Å². The van der Waals surface area contributed by atoms with Gasteiger partial charge >= 0.3 is 0 Å². The van der Waals surface area contributed by atoms with E-state index in [0.717, 1.165) is 12.1 Å². The summed E-state index contributed by atoms with van der Waals surface area (Å²) in [7, 11) is 1.91. The average molecular weight is 204 g/mol. The number of hydrogen-bond donors (Lipinski definition) is 2. The van der Waals surface area contributed by atoms with Gasteiger partial charge in [0.1, 0.15) is 0 Å². The highest BCUT2D eigenvalue weighted by atomic mass is 16.1. The molecule has 3 heteroatoms. The van der Waals surface area contributed by atoms with E-state index in [1.54, 1.807) is 6.08 Å². The van der Waals surface area contributed by atoms with Crippen molar-refractivity contribution < 1.29 is 4.79 Å². The van der Waals surface area contributed by atoms with Gasteiger partial charge in [0.15, 0.2) is 0 Å². The Balaban J connectivity index is 2.74. The third-order valence-corrected chi connectivity index (χ3v) is 2.04. The van der Waals surface area contributed by atoms with Crippen LogP contribution in [0.3, 0.4) is 0 Å². The van der Waals surface area contributed by atoms with Gasteiger partial charge in [-0.25, -0.2) is 0 Å². The summed E-state index contributed by atoms with van der Waals surface area (Å²) in [4.78, 5) is 10.6. The van der Waals surface area contributed by atoms with Crippen LogP contribution in [-0.4, -0.2) is 13.0 Å². The Hall–Kier alpha value is -1.61. The molecule has 0 aromatic heterocycles. The lowest BCUT2D eigenvalue weighted by molar-refractivity contribution is -0.117. The van der Waals surface area contributed by atoms with E-state index >= 15 is 0 Å². The van der Waals surface area contributed by atoms with Gasteiger partial charge in [-0.3, -0.25) is 4.79 Å². The molecule has 0 aliphatic carbocycles. The summed E-state index contributed by atoms with van der Waals surface area (Å²) in [6, 6.07) is 8.05. The number of nitrogens with one attached hydrogen (secondary N) is 1. The van der Waals surface area contributed by atoms with Gasteiger partial charge in [-0.2, -0.15) is 0 Å². The molecule has 3 nitrogen and oxygen atoms in total. The highest BCUT2D eigenvalue weighted by molar-refractivity contribution is 5.76. The van der Waals surface area contributed by atoms with Gasteiger partial charge in [-0.05, 0) is 18.2 Å². The predicted molar refractivity (Wildman–Crippen MR) is 62.1 cm³/mol. The minimum absolute atomic E-state index is 0.286. The lowest BCUT2D eigenvalue weighted by Crippen LogP contribution is -2.08. The Morgan fingerprint density at radius 1 is 1.47 bits per heavy atom. The number of benzene rings is 1. The Bertz CT molecular complexity index is 358. The molecule has 1 aromatic carbocycles. The van der Waals surface area contributed by atoms with Gasteiger partial charge in [0.25, 0.3) is 0 Å². The number of carbonyl (C=O) groups is 1. The Morgan fingerprint density at radius 2 is 2.20 bits per heavy atom. The molecule has 0 radical (unpaired) electrons. The van der Waals surface area contributed by atoms with E-state index < -0.39 is 0 Å². The molecule has 1 amide bonds. The Kier molecular flexibility index (Phi) is 4.57. The van der Waals surface area contributed by atoms with Gasteiger partial charge in [-0.1, -0.05) is 36.4 Å². The van der Waals surface area contributed by atoms with Crippen molar-refractivity contribution in [2.24, 2.45) is 5.73 Å². The third-order valence-electron chi connectivity index (χ3n) is 2.04. The SMILES string of the molecule is CNCc1ccccc1C=CCC(N)=O. The lowest BCUT2D eigenvalue weighted by Gasteiger charge is -2.04. The van der Waals surface area contributed by atoms with Crippen LogP contribution in [0.15, 0.2) is 30.3 Å². The van der Waals surface area contributed by atoms with E-state index in [0.29, 0.717) is 0 Å². The van der Waals surface area contributed by atoms with Crippen molar-refractivity contribution in [3.63, 3.8) is 0 Å². The number of primary amides is 1. The highest BCUT2D eigenvalue weighted by Gasteiger charge is 1.96. The van der Waals surface area contributed by atoms with Crippen molar-refractivity contribution in [2.45, 2.75) is 13.0 Å². The molecule has 1 aromatic rings. The van der Waals surface area contributed by atoms with Crippen LogP contribution < -0.4 is 11.1 Å². The molecule has 0 aliphatic heterocycles. The van der Waals surface area contributed by atoms with Gasteiger partial charge in [0, 0.05) is 13.0 Å². The summed E-state index contributed by atoms with van der Waals surface area (Å²) >= 11 is 0. The number of carbonyl (C=O) groups excluding carboxylic acids is 1. The van der Waals surface area contributed by atoms with E-state index in [9.17, 15) is 4.79 Å². The zero-order chi connectivity index (χ0) is 11.1. The van der Waals surface area contributed by atoms with Crippen LogP contribution in [-0.2, 0) is 11.3 Å². The number of rotatable bonds is 5. The normalized spacial score (nSPS) is 10.7. The van der Waals surface area contributed by atoms with Crippen molar-refractivity contribution in [1.29, 1.82) is 0 Å². The van der Waals surface area contributed by atoms with Crippen LogP contribution in [0.1, 0.15) is 17.5 Å². The first-order chi connectivity index (χ1) is 7.24. The van der Waals surface area contributed by atoms with Crippen molar-refractivity contribution in [3.8, 4) is 0 Å². The maximum atomic E-state index is 10.6. The number of amides is 1. The van der Waals surface area contributed by atoms with E-state index in [4.69, 9.17) is 5.73 Å². The van der Waals surface area contributed by atoms with E-state index in [-0.39, 0.29) is 12.3 Å². The minimum atomic E-state index is -0.308. The second-order valence-corrected chi connectivity index (χ2v) is 3.30. The fourth-order valence-electron chi connectivity index (χ4n) is 1.35. The molecule has 0 bridgehead atoms. The quantitative estimate of drug-likeness (QED) is 0.759. The summed E-state index contributed by atoms with van der Waals surface area (Å²) < 4.78 is 0. The molecule has 0 heterocycles. The maximum Gasteiger partial charge on any atom is 0.221 e. The van der Waals surface area contributed by atoms with Crippen molar-refractivity contribution in [3.05, 3.63) is 41.5 Å². The van der Waals surface area contributed by atoms with E-state index in [1.165, 1.54) is 5.56 Å². The molecule has 3 N–H and O–H groups in total. The molecule has 0 spiro atoms. The smallest absolute Gasteiger partial charge is 0.221 e. The zero-order valence-corrected chi connectivity index (χ0v) is 8.86. The number of hydrogen-bond acceptors (Lipinski definition) is 2. The molecule has 0 unspecified atom stereocenters. The molecule has 1 rings (SSSR count). The fraction of sp³-hybridized carbons (Fsp3) is 0.250. The Labute approximate surface area is 90.0 Å². The Morgan fingerprint density at radius 3 is 2.87 bits per heavy atom. The van der Waals surface area contributed by atoms with Gasteiger partial charge < -0.3 is 11.1 Å². The van der Waals surface area contributed by atoms with E-state index in [2.05, 4.69) is 11.4 Å². The van der Waals surface area contributed by atoms with Crippen molar-refractivity contribution in [2.75, 3.05) is 7.05 Å². The van der Waals surface area contributed by atoms with E-state index in [1.807, 2.05) is 31.3 Å². The lowest BCUT2D eigenvalue weighted by atomic mass is 10.1. The van der Waals surface area contributed by atoms with Gasteiger partial charge in [-0.15, -0.1) is 0 Å². The summed E-state index contributed by atoms with van der Waals surface area (Å²) in [5.74, 6) is -0.308. The molecular formula is C12H16N2O.